The van der Waals surface area contributed by atoms with E-state index >= 15 is 0 Å². The van der Waals surface area contributed by atoms with Crippen molar-refractivity contribution in [3.8, 4) is 0 Å². The highest BCUT2D eigenvalue weighted by Gasteiger charge is 2.24. The average Bonchev–Trinajstić information content (AvgIpc) is 3.20. The summed E-state index contributed by atoms with van der Waals surface area (Å²) in [5, 5.41) is 6.45. The number of hydrogen-bond acceptors (Lipinski definition) is 3. The maximum Gasteiger partial charge on any atom is 0.237 e. The molecule has 0 bridgehead atoms. The van der Waals surface area contributed by atoms with Gasteiger partial charge in [0.05, 0.1) is 6.04 Å². The molecule has 26 heavy (non-hydrogen) atoms. The van der Waals surface area contributed by atoms with Crippen LogP contribution in [0.5, 0.6) is 0 Å². The number of nitrogens with one attached hydrogen (secondary N) is 2. The van der Waals surface area contributed by atoms with Gasteiger partial charge in [0.15, 0.2) is 0 Å². The Balaban J connectivity index is 0.00000243. The normalized spacial score (nSPS) is 23.4. The van der Waals surface area contributed by atoms with Crippen LogP contribution in [-0.4, -0.2) is 49.6 Å². The molecule has 0 aromatic heterocycles. The van der Waals surface area contributed by atoms with Crippen molar-refractivity contribution in [1.82, 2.24) is 15.5 Å². The molecular weight excluding hydrogens is 346 g/mol. The number of hydrogen-bond donors (Lipinski definition) is 2. The maximum atomic E-state index is 12.1. The lowest BCUT2D eigenvalue weighted by Gasteiger charge is -2.33. The zero-order valence-electron chi connectivity index (χ0n) is 16.0. The SMILES string of the molecule is CCc1ccc(CCN2CCCC(CNC(=O)C3CCCN3)C2)cc1.Cl. The first-order valence-corrected chi connectivity index (χ1v) is 10.1. The Kier molecular flexibility index (Phi) is 8.89. The molecule has 2 fully saturated rings. The molecule has 0 spiro atoms. The molecule has 0 saturated carbocycles. The summed E-state index contributed by atoms with van der Waals surface area (Å²) in [6.45, 7) is 7.45. The van der Waals surface area contributed by atoms with E-state index in [1.165, 1.54) is 30.5 Å². The number of likely N-dealkylation sites (tertiary alicyclic amines) is 1. The summed E-state index contributed by atoms with van der Waals surface area (Å²) in [5.41, 5.74) is 2.84. The average molecular weight is 380 g/mol. The van der Waals surface area contributed by atoms with Gasteiger partial charge in [-0.3, -0.25) is 4.79 Å². The van der Waals surface area contributed by atoms with E-state index in [2.05, 4.69) is 46.7 Å². The summed E-state index contributed by atoms with van der Waals surface area (Å²) in [7, 11) is 0. The molecule has 5 heteroatoms. The molecule has 2 aliphatic rings. The number of carbonyl (C=O) groups excluding carboxylic acids is 1. The van der Waals surface area contributed by atoms with Crippen LogP contribution < -0.4 is 10.6 Å². The highest BCUT2D eigenvalue weighted by Crippen LogP contribution is 2.17. The minimum atomic E-state index is 0. The van der Waals surface area contributed by atoms with Gasteiger partial charge < -0.3 is 15.5 Å². The molecule has 1 aromatic rings. The summed E-state index contributed by atoms with van der Waals surface area (Å²) >= 11 is 0. The molecule has 3 rings (SSSR count). The standard InChI is InChI=1S/C21H33N3O.ClH/c1-2-17-7-9-18(10-8-17)11-14-24-13-4-5-19(16-24)15-23-21(25)20-6-3-12-22-20;/h7-10,19-20,22H,2-6,11-16H2,1H3,(H,23,25);1H. The Bertz CT molecular complexity index is 543. The summed E-state index contributed by atoms with van der Waals surface area (Å²) < 4.78 is 0. The number of rotatable bonds is 7. The van der Waals surface area contributed by atoms with Gasteiger partial charge in [-0.2, -0.15) is 0 Å². The lowest BCUT2D eigenvalue weighted by molar-refractivity contribution is -0.123. The van der Waals surface area contributed by atoms with Crippen molar-refractivity contribution in [3.05, 3.63) is 35.4 Å². The summed E-state index contributed by atoms with van der Waals surface area (Å²) in [6, 6.07) is 9.09. The fraction of sp³-hybridized carbons (Fsp3) is 0.667. The van der Waals surface area contributed by atoms with E-state index < -0.39 is 0 Å². The van der Waals surface area contributed by atoms with Crippen molar-refractivity contribution in [2.24, 2.45) is 5.92 Å². The molecule has 2 saturated heterocycles. The molecule has 2 atom stereocenters. The fourth-order valence-electron chi connectivity index (χ4n) is 4.03. The van der Waals surface area contributed by atoms with Gasteiger partial charge in [-0.05, 0) is 68.7 Å². The predicted octanol–water partition coefficient (Wildman–Crippen LogP) is 2.79. The van der Waals surface area contributed by atoms with E-state index in [4.69, 9.17) is 0 Å². The number of amides is 1. The van der Waals surface area contributed by atoms with Crippen LogP contribution in [0.1, 0.15) is 43.7 Å². The van der Waals surface area contributed by atoms with E-state index in [1.54, 1.807) is 0 Å². The van der Waals surface area contributed by atoms with Gasteiger partial charge in [-0.15, -0.1) is 12.4 Å². The van der Waals surface area contributed by atoms with Gasteiger partial charge in [0.1, 0.15) is 0 Å². The number of carbonyl (C=O) groups is 1. The quantitative estimate of drug-likeness (QED) is 0.765. The molecule has 0 aliphatic carbocycles. The zero-order chi connectivity index (χ0) is 17.5. The van der Waals surface area contributed by atoms with Crippen molar-refractivity contribution in [3.63, 3.8) is 0 Å². The van der Waals surface area contributed by atoms with Gasteiger partial charge in [-0.1, -0.05) is 31.2 Å². The van der Waals surface area contributed by atoms with Crippen molar-refractivity contribution < 1.29 is 4.79 Å². The second-order valence-electron chi connectivity index (χ2n) is 7.62. The molecule has 2 unspecified atom stereocenters. The number of piperidine rings is 1. The fourth-order valence-corrected chi connectivity index (χ4v) is 4.03. The minimum absolute atomic E-state index is 0. The number of benzene rings is 1. The summed E-state index contributed by atoms with van der Waals surface area (Å²) in [6.07, 6.45) is 6.82. The lowest BCUT2D eigenvalue weighted by Crippen LogP contribution is -2.45. The Hall–Kier alpha value is -1.10. The molecule has 1 amide bonds. The zero-order valence-corrected chi connectivity index (χ0v) is 16.8. The van der Waals surface area contributed by atoms with Gasteiger partial charge >= 0.3 is 0 Å². The van der Waals surface area contributed by atoms with Gasteiger partial charge in [-0.25, -0.2) is 0 Å². The Morgan fingerprint density at radius 1 is 1.19 bits per heavy atom. The van der Waals surface area contributed by atoms with Crippen LogP contribution in [0.2, 0.25) is 0 Å². The highest BCUT2D eigenvalue weighted by atomic mass is 35.5. The monoisotopic (exact) mass is 379 g/mol. The smallest absolute Gasteiger partial charge is 0.237 e. The van der Waals surface area contributed by atoms with E-state index in [-0.39, 0.29) is 24.4 Å². The van der Waals surface area contributed by atoms with Crippen molar-refractivity contribution >= 4 is 18.3 Å². The number of aryl methyl sites for hydroxylation is 1. The van der Waals surface area contributed by atoms with Gasteiger partial charge in [0.25, 0.3) is 0 Å². The van der Waals surface area contributed by atoms with Crippen LogP contribution in [0.4, 0.5) is 0 Å². The molecule has 2 aliphatic heterocycles. The highest BCUT2D eigenvalue weighted by molar-refractivity contribution is 5.85. The topological polar surface area (TPSA) is 44.4 Å². The van der Waals surface area contributed by atoms with Crippen LogP contribution in [0.3, 0.4) is 0 Å². The van der Waals surface area contributed by atoms with Gasteiger partial charge in [0.2, 0.25) is 5.91 Å². The van der Waals surface area contributed by atoms with E-state index in [9.17, 15) is 4.79 Å². The first-order chi connectivity index (χ1) is 12.2. The largest absolute Gasteiger partial charge is 0.354 e. The number of nitrogens with zero attached hydrogens (tertiary/aromatic N) is 1. The van der Waals surface area contributed by atoms with Crippen molar-refractivity contribution in [1.29, 1.82) is 0 Å². The van der Waals surface area contributed by atoms with Crippen molar-refractivity contribution in [2.75, 3.05) is 32.7 Å². The van der Waals surface area contributed by atoms with Gasteiger partial charge in [0, 0.05) is 19.6 Å². The molecule has 1 aromatic carbocycles. The van der Waals surface area contributed by atoms with Crippen LogP contribution in [0.25, 0.3) is 0 Å². The van der Waals surface area contributed by atoms with E-state index in [1.807, 2.05) is 0 Å². The molecule has 2 N–H and O–H groups in total. The molecule has 146 valence electrons. The maximum absolute atomic E-state index is 12.1. The van der Waals surface area contributed by atoms with Crippen LogP contribution in [0.15, 0.2) is 24.3 Å². The third kappa shape index (κ3) is 6.26. The summed E-state index contributed by atoms with van der Waals surface area (Å²) in [4.78, 5) is 14.7. The first kappa shape index (κ1) is 21.2. The van der Waals surface area contributed by atoms with Crippen LogP contribution in [0, 0.1) is 5.92 Å². The minimum Gasteiger partial charge on any atom is -0.354 e. The third-order valence-corrected chi connectivity index (χ3v) is 5.69. The number of halogens is 1. The second kappa shape index (κ2) is 10.9. The Morgan fingerprint density at radius 2 is 1.96 bits per heavy atom. The Morgan fingerprint density at radius 3 is 2.65 bits per heavy atom. The van der Waals surface area contributed by atoms with Crippen LogP contribution >= 0.6 is 12.4 Å². The van der Waals surface area contributed by atoms with Crippen molar-refractivity contribution in [2.45, 2.75) is 51.5 Å². The molecule has 4 nitrogen and oxygen atoms in total. The molecule has 2 heterocycles. The van der Waals surface area contributed by atoms with E-state index in [0.717, 1.165) is 51.9 Å². The van der Waals surface area contributed by atoms with E-state index in [0.29, 0.717) is 5.92 Å². The first-order valence-electron chi connectivity index (χ1n) is 10.1. The predicted molar refractivity (Wildman–Crippen MR) is 110 cm³/mol. The third-order valence-electron chi connectivity index (χ3n) is 5.69. The van der Waals surface area contributed by atoms with Crippen LogP contribution in [-0.2, 0) is 17.6 Å². The molecular formula is C21H34ClN3O. The lowest BCUT2D eigenvalue weighted by atomic mass is 9.97. The second-order valence-corrected chi connectivity index (χ2v) is 7.62. The Labute approximate surface area is 164 Å². The molecule has 0 radical (unpaired) electrons. The summed E-state index contributed by atoms with van der Waals surface area (Å²) in [5.74, 6) is 0.798.